The summed E-state index contributed by atoms with van der Waals surface area (Å²) in [7, 11) is 0. The third-order valence-corrected chi connectivity index (χ3v) is 5.00. The summed E-state index contributed by atoms with van der Waals surface area (Å²) in [4.78, 5) is 26.9. The molecule has 0 aromatic heterocycles. The van der Waals surface area contributed by atoms with E-state index in [-0.39, 0.29) is 17.9 Å². The van der Waals surface area contributed by atoms with Crippen molar-refractivity contribution in [2.24, 2.45) is 0 Å². The highest BCUT2D eigenvalue weighted by atomic mass is 32.2. The van der Waals surface area contributed by atoms with Gasteiger partial charge in [-0.1, -0.05) is 43.7 Å². The molecule has 0 saturated carbocycles. The van der Waals surface area contributed by atoms with Crippen molar-refractivity contribution < 1.29 is 9.59 Å². The van der Waals surface area contributed by atoms with Crippen molar-refractivity contribution in [1.82, 2.24) is 10.2 Å². The van der Waals surface area contributed by atoms with Gasteiger partial charge in [0.1, 0.15) is 6.04 Å². The number of carbonyl (C=O) groups excluding carboxylic acids is 2. The Labute approximate surface area is 143 Å². The lowest BCUT2D eigenvalue weighted by molar-refractivity contribution is -0.136. The molecule has 1 aliphatic heterocycles. The molecule has 126 valence electrons. The second-order valence-corrected chi connectivity index (χ2v) is 7.09. The van der Waals surface area contributed by atoms with Gasteiger partial charge in [-0.15, -0.1) is 0 Å². The fraction of sp³-hybridized carbons (Fsp3) is 0.556. The van der Waals surface area contributed by atoms with Crippen LogP contribution >= 0.6 is 11.8 Å². The molecule has 1 N–H and O–H groups in total. The molecule has 0 unspecified atom stereocenters. The highest BCUT2D eigenvalue weighted by molar-refractivity contribution is 7.99. The van der Waals surface area contributed by atoms with E-state index in [0.29, 0.717) is 12.8 Å². The Morgan fingerprint density at radius 1 is 1.22 bits per heavy atom. The number of hydrogen-bond donors (Lipinski definition) is 1. The standard InChI is InChI=1S/C18H26N2O2S/c1-2-7-16(18(22)20-10-6-12-23-13-11-20)19-17(21)14-15-8-4-3-5-9-15/h3-5,8-9,16H,2,6-7,10-14H2,1H3,(H,19,21)/t16-/m0/s1. The van der Waals surface area contributed by atoms with Gasteiger partial charge in [0.2, 0.25) is 11.8 Å². The van der Waals surface area contributed by atoms with E-state index in [0.717, 1.165) is 43.0 Å². The monoisotopic (exact) mass is 334 g/mol. The Bertz CT molecular complexity index is 499. The molecule has 0 radical (unpaired) electrons. The van der Waals surface area contributed by atoms with Crippen molar-refractivity contribution in [3.8, 4) is 0 Å². The first-order valence-corrected chi connectivity index (χ1v) is 9.56. The first kappa shape index (κ1) is 17.9. The quantitative estimate of drug-likeness (QED) is 0.869. The minimum atomic E-state index is -0.390. The van der Waals surface area contributed by atoms with Crippen molar-refractivity contribution in [2.75, 3.05) is 24.6 Å². The molecule has 2 amide bonds. The van der Waals surface area contributed by atoms with Crippen molar-refractivity contribution in [1.29, 1.82) is 0 Å². The summed E-state index contributed by atoms with van der Waals surface area (Å²) in [6.45, 7) is 3.64. The van der Waals surface area contributed by atoms with E-state index in [1.807, 2.05) is 53.9 Å². The molecule has 4 nitrogen and oxygen atoms in total. The zero-order valence-corrected chi connectivity index (χ0v) is 14.6. The van der Waals surface area contributed by atoms with Gasteiger partial charge in [0.15, 0.2) is 0 Å². The first-order chi connectivity index (χ1) is 11.2. The zero-order valence-electron chi connectivity index (χ0n) is 13.8. The van der Waals surface area contributed by atoms with Gasteiger partial charge < -0.3 is 10.2 Å². The molecule has 2 rings (SSSR count). The number of thioether (sulfide) groups is 1. The normalized spacial score (nSPS) is 16.5. The molecule has 1 aliphatic rings. The van der Waals surface area contributed by atoms with Crippen LogP contribution in [0.2, 0.25) is 0 Å². The average molecular weight is 334 g/mol. The Hall–Kier alpha value is -1.49. The summed E-state index contributed by atoms with van der Waals surface area (Å²) in [5, 5.41) is 2.95. The summed E-state index contributed by atoms with van der Waals surface area (Å²) in [5.41, 5.74) is 0.971. The molecule has 1 aromatic carbocycles. The maximum Gasteiger partial charge on any atom is 0.245 e. The maximum absolute atomic E-state index is 12.7. The molecule has 1 atom stereocenters. The fourth-order valence-corrected chi connectivity index (χ4v) is 3.65. The summed E-state index contributed by atoms with van der Waals surface area (Å²) in [5.74, 6) is 2.11. The SMILES string of the molecule is CCC[C@H](NC(=O)Cc1ccccc1)C(=O)N1CCCSCC1. The summed E-state index contributed by atoms with van der Waals surface area (Å²) in [6.07, 6.45) is 2.94. The van der Waals surface area contributed by atoms with Crippen LogP contribution in [0.15, 0.2) is 30.3 Å². The van der Waals surface area contributed by atoms with Crippen LogP contribution in [-0.4, -0.2) is 47.4 Å². The fourth-order valence-electron chi connectivity index (χ4n) is 2.76. The van der Waals surface area contributed by atoms with E-state index in [4.69, 9.17) is 0 Å². The molecular formula is C18H26N2O2S. The minimum Gasteiger partial charge on any atom is -0.344 e. The first-order valence-electron chi connectivity index (χ1n) is 8.40. The Morgan fingerprint density at radius 2 is 2.00 bits per heavy atom. The highest BCUT2D eigenvalue weighted by Gasteiger charge is 2.25. The molecule has 1 heterocycles. The van der Waals surface area contributed by atoms with Crippen molar-refractivity contribution >= 4 is 23.6 Å². The number of nitrogens with zero attached hydrogens (tertiary/aromatic N) is 1. The Morgan fingerprint density at radius 3 is 2.74 bits per heavy atom. The van der Waals surface area contributed by atoms with Gasteiger partial charge in [-0.3, -0.25) is 9.59 Å². The average Bonchev–Trinajstić information content (AvgIpc) is 2.84. The number of amides is 2. The maximum atomic E-state index is 12.7. The second-order valence-electron chi connectivity index (χ2n) is 5.86. The van der Waals surface area contributed by atoms with E-state index < -0.39 is 0 Å². The van der Waals surface area contributed by atoms with Crippen LogP contribution in [0.1, 0.15) is 31.7 Å². The van der Waals surface area contributed by atoms with Crippen LogP contribution in [0, 0.1) is 0 Å². The highest BCUT2D eigenvalue weighted by Crippen LogP contribution is 2.12. The van der Waals surface area contributed by atoms with Crippen molar-refractivity contribution in [2.45, 2.75) is 38.6 Å². The Balaban J connectivity index is 1.93. The third kappa shape index (κ3) is 5.90. The van der Waals surface area contributed by atoms with E-state index in [1.165, 1.54) is 0 Å². The number of hydrogen-bond acceptors (Lipinski definition) is 3. The zero-order chi connectivity index (χ0) is 16.5. The van der Waals surface area contributed by atoms with E-state index in [2.05, 4.69) is 5.32 Å². The minimum absolute atomic E-state index is 0.0767. The lowest BCUT2D eigenvalue weighted by atomic mass is 10.1. The molecule has 1 aromatic rings. The molecule has 1 fully saturated rings. The van der Waals surface area contributed by atoms with Gasteiger partial charge in [0.25, 0.3) is 0 Å². The molecule has 23 heavy (non-hydrogen) atoms. The molecule has 1 saturated heterocycles. The van der Waals surface area contributed by atoms with Crippen LogP contribution in [-0.2, 0) is 16.0 Å². The van der Waals surface area contributed by atoms with E-state index in [9.17, 15) is 9.59 Å². The largest absolute Gasteiger partial charge is 0.344 e. The number of nitrogens with one attached hydrogen (secondary N) is 1. The molecule has 5 heteroatoms. The van der Waals surface area contributed by atoms with Gasteiger partial charge >= 0.3 is 0 Å². The lowest BCUT2D eigenvalue weighted by Gasteiger charge is -2.26. The van der Waals surface area contributed by atoms with Gasteiger partial charge in [-0.05, 0) is 24.2 Å². The predicted molar refractivity (Wildman–Crippen MR) is 95.5 cm³/mol. The topological polar surface area (TPSA) is 49.4 Å². The second kappa shape index (κ2) is 9.60. The van der Waals surface area contributed by atoms with Crippen LogP contribution in [0.4, 0.5) is 0 Å². The van der Waals surface area contributed by atoms with Crippen LogP contribution in [0.5, 0.6) is 0 Å². The van der Waals surface area contributed by atoms with Crippen molar-refractivity contribution in [3.05, 3.63) is 35.9 Å². The van der Waals surface area contributed by atoms with Crippen molar-refractivity contribution in [3.63, 3.8) is 0 Å². The number of carbonyl (C=O) groups is 2. The summed E-state index contributed by atoms with van der Waals surface area (Å²) in [6, 6.07) is 9.25. The van der Waals surface area contributed by atoms with E-state index in [1.54, 1.807) is 0 Å². The molecule has 0 spiro atoms. The molecular weight excluding hydrogens is 308 g/mol. The predicted octanol–water partition coefficient (Wildman–Crippen LogP) is 2.48. The van der Waals surface area contributed by atoms with Gasteiger partial charge in [0, 0.05) is 18.8 Å². The third-order valence-electron chi connectivity index (χ3n) is 3.95. The number of rotatable bonds is 6. The van der Waals surface area contributed by atoms with Gasteiger partial charge in [0.05, 0.1) is 6.42 Å². The van der Waals surface area contributed by atoms with Crippen LogP contribution < -0.4 is 5.32 Å². The molecule has 0 aliphatic carbocycles. The Kier molecular flexibility index (Phi) is 7.46. The van der Waals surface area contributed by atoms with Crippen LogP contribution in [0.3, 0.4) is 0 Å². The smallest absolute Gasteiger partial charge is 0.245 e. The lowest BCUT2D eigenvalue weighted by Crippen LogP contribution is -2.49. The summed E-state index contributed by atoms with van der Waals surface area (Å²) >= 11 is 1.90. The van der Waals surface area contributed by atoms with Gasteiger partial charge in [-0.2, -0.15) is 11.8 Å². The van der Waals surface area contributed by atoms with Gasteiger partial charge in [-0.25, -0.2) is 0 Å². The van der Waals surface area contributed by atoms with Crippen LogP contribution in [0.25, 0.3) is 0 Å². The summed E-state index contributed by atoms with van der Waals surface area (Å²) < 4.78 is 0. The number of benzene rings is 1. The molecule has 0 bridgehead atoms. The van der Waals surface area contributed by atoms with E-state index >= 15 is 0 Å².